The summed E-state index contributed by atoms with van der Waals surface area (Å²) in [5.74, 6) is 0.473. The van der Waals surface area contributed by atoms with E-state index < -0.39 is 6.03 Å². The first-order valence-corrected chi connectivity index (χ1v) is 11.1. The molecule has 3 aromatic carbocycles. The molecule has 0 aromatic heterocycles. The zero-order valence-corrected chi connectivity index (χ0v) is 19.3. The summed E-state index contributed by atoms with van der Waals surface area (Å²) in [6, 6.07) is 24.6. The number of hydrogen-bond acceptors (Lipinski definition) is 7. The summed E-state index contributed by atoms with van der Waals surface area (Å²) >= 11 is 1.22. The largest absolute Gasteiger partial charge is 0.733 e. The van der Waals surface area contributed by atoms with Gasteiger partial charge in [-0.2, -0.15) is 4.99 Å². The van der Waals surface area contributed by atoms with E-state index in [0.29, 0.717) is 27.4 Å². The molecule has 9 nitrogen and oxygen atoms in total. The number of rotatable bonds is 4. The Bertz CT molecular complexity index is 1240. The maximum Gasteiger partial charge on any atom is 0.345 e. The molecule has 0 unspecified atom stereocenters. The Morgan fingerprint density at radius 2 is 1.44 bits per heavy atom. The first-order valence-electron chi connectivity index (χ1n) is 10.2. The number of hydrogen-bond donors (Lipinski definition) is 1. The quantitative estimate of drug-likeness (QED) is 0.506. The number of aliphatic imine (C=N–C) groups is 3. The average Bonchev–Trinajstić information content (AvgIpc) is 3.16. The molecule has 2 amide bonds. The summed E-state index contributed by atoms with van der Waals surface area (Å²) in [6.07, 6.45) is 0. The molecule has 0 bridgehead atoms. The van der Waals surface area contributed by atoms with Crippen LogP contribution < -0.4 is 10.1 Å². The van der Waals surface area contributed by atoms with Crippen molar-refractivity contribution in [3.8, 4) is 0 Å². The SMILES string of the molecule is CN(C)C(=O)/N=C1\SC(=Nc2ccccc2)C(=Nc2ccccc2)N1c1ccc(N([O-])O)cc1. The monoisotopic (exact) mass is 473 g/mol. The number of amides is 2. The van der Waals surface area contributed by atoms with Crippen LogP contribution in [0.2, 0.25) is 0 Å². The van der Waals surface area contributed by atoms with E-state index in [9.17, 15) is 15.2 Å². The van der Waals surface area contributed by atoms with Crippen molar-refractivity contribution >= 4 is 56.6 Å². The highest BCUT2D eigenvalue weighted by molar-refractivity contribution is 8.29. The third-order valence-electron chi connectivity index (χ3n) is 4.66. The predicted octanol–water partition coefficient (Wildman–Crippen LogP) is 5.43. The van der Waals surface area contributed by atoms with E-state index in [2.05, 4.69) is 4.99 Å². The Balaban J connectivity index is 1.89. The van der Waals surface area contributed by atoms with Crippen LogP contribution in [-0.4, -0.2) is 46.3 Å². The molecule has 172 valence electrons. The molecule has 10 heteroatoms. The standard InChI is InChI=1S/C24H21N6O3S/c1-28(2)23(31)27-24-29(19-13-15-20(16-14-19)30(32)33)21(25-17-9-5-3-6-10-17)22(34-24)26-18-11-7-4-8-12-18/h3-16,32H,1-2H3/q-1/b25-21?,26-22?,27-24-. The minimum Gasteiger partial charge on any atom is -0.733 e. The van der Waals surface area contributed by atoms with Gasteiger partial charge in [-0.05, 0) is 60.3 Å². The molecule has 1 N–H and O–H groups in total. The lowest BCUT2D eigenvalue weighted by Crippen LogP contribution is -2.32. The fraction of sp³-hybridized carbons (Fsp3) is 0.0833. The normalized spacial score (nSPS) is 16.9. The van der Waals surface area contributed by atoms with Crippen molar-refractivity contribution in [3.05, 3.63) is 90.1 Å². The van der Waals surface area contributed by atoms with Crippen molar-refractivity contribution in [1.29, 1.82) is 0 Å². The van der Waals surface area contributed by atoms with Crippen LogP contribution >= 0.6 is 11.8 Å². The van der Waals surface area contributed by atoms with E-state index in [1.54, 1.807) is 31.1 Å². The third kappa shape index (κ3) is 5.31. The summed E-state index contributed by atoms with van der Waals surface area (Å²) in [6.45, 7) is 0. The van der Waals surface area contributed by atoms with E-state index in [1.807, 2.05) is 60.7 Å². The molecule has 1 aliphatic rings. The van der Waals surface area contributed by atoms with E-state index in [0.717, 1.165) is 5.69 Å². The number of amidine groups is 2. The predicted molar refractivity (Wildman–Crippen MR) is 138 cm³/mol. The number of nitrogens with zero attached hydrogens (tertiary/aromatic N) is 6. The van der Waals surface area contributed by atoms with Gasteiger partial charge in [0.1, 0.15) is 5.04 Å². The fourth-order valence-corrected chi connectivity index (χ4v) is 3.95. The lowest BCUT2D eigenvalue weighted by Gasteiger charge is -2.23. The van der Waals surface area contributed by atoms with Gasteiger partial charge >= 0.3 is 6.03 Å². The third-order valence-corrected chi connectivity index (χ3v) is 5.59. The Kier molecular flexibility index (Phi) is 7.02. The molecule has 0 spiro atoms. The smallest absolute Gasteiger partial charge is 0.345 e. The second-order valence-electron chi connectivity index (χ2n) is 7.32. The van der Waals surface area contributed by atoms with Crippen molar-refractivity contribution in [2.75, 3.05) is 24.2 Å². The first-order chi connectivity index (χ1) is 16.4. The fourth-order valence-electron chi connectivity index (χ4n) is 3.00. The molecule has 1 fully saturated rings. The van der Waals surface area contributed by atoms with Gasteiger partial charge in [0.05, 0.1) is 17.1 Å². The Hall–Kier alpha value is -3.99. The second-order valence-corrected chi connectivity index (χ2v) is 8.28. The Labute approximate surface area is 200 Å². The van der Waals surface area contributed by atoms with E-state index >= 15 is 0 Å². The number of para-hydroxylation sites is 2. The molecule has 1 aliphatic heterocycles. The van der Waals surface area contributed by atoms with Gasteiger partial charge in [0.25, 0.3) is 0 Å². The van der Waals surface area contributed by atoms with E-state index in [4.69, 9.17) is 9.98 Å². The van der Waals surface area contributed by atoms with Gasteiger partial charge in [0.15, 0.2) is 11.0 Å². The summed E-state index contributed by atoms with van der Waals surface area (Å²) in [7, 11) is 3.24. The minimum absolute atomic E-state index is 0.0678. The lowest BCUT2D eigenvalue weighted by atomic mass is 10.2. The van der Waals surface area contributed by atoms with Gasteiger partial charge < -0.3 is 15.3 Å². The van der Waals surface area contributed by atoms with Crippen LogP contribution in [0.4, 0.5) is 27.5 Å². The summed E-state index contributed by atoms with van der Waals surface area (Å²) < 4.78 is 0. The van der Waals surface area contributed by atoms with Crippen molar-refractivity contribution in [1.82, 2.24) is 4.90 Å². The molecule has 0 radical (unpaired) electrons. The highest BCUT2D eigenvalue weighted by Crippen LogP contribution is 2.34. The Morgan fingerprint density at radius 1 is 0.882 bits per heavy atom. The van der Waals surface area contributed by atoms with Crippen LogP contribution in [0, 0.1) is 5.21 Å². The molecule has 0 atom stereocenters. The van der Waals surface area contributed by atoms with Crippen LogP contribution in [0.3, 0.4) is 0 Å². The van der Waals surface area contributed by atoms with Crippen LogP contribution in [0.1, 0.15) is 0 Å². The van der Waals surface area contributed by atoms with Crippen LogP contribution in [0.5, 0.6) is 0 Å². The second kappa shape index (κ2) is 10.3. The zero-order valence-electron chi connectivity index (χ0n) is 18.4. The van der Waals surface area contributed by atoms with Crippen molar-refractivity contribution in [3.63, 3.8) is 0 Å². The minimum atomic E-state index is -0.440. The molecular formula is C24H21N6O3S-. The topological polar surface area (TPSA) is 107 Å². The number of thioether (sulfide) groups is 1. The lowest BCUT2D eigenvalue weighted by molar-refractivity contribution is 0.227. The number of benzene rings is 3. The molecule has 34 heavy (non-hydrogen) atoms. The van der Waals surface area contributed by atoms with Crippen molar-refractivity contribution in [2.45, 2.75) is 0 Å². The summed E-state index contributed by atoms with van der Waals surface area (Å²) in [5.41, 5.74) is 2.08. The van der Waals surface area contributed by atoms with Gasteiger partial charge in [0.2, 0.25) is 0 Å². The van der Waals surface area contributed by atoms with Crippen molar-refractivity contribution in [2.24, 2.45) is 15.0 Å². The number of carbonyl (C=O) groups is 1. The average molecular weight is 474 g/mol. The summed E-state index contributed by atoms with van der Waals surface area (Å²) in [5, 5.41) is 21.2. The van der Waals surface area contributed by atoms with E-state index in [1.165, 1.54) is 28.8 Å². The number of urea groups is 1. The molecule has 1 saturated heterocycles. The van der Waals surface area contributed by atoms with Gasteiger partial charge in [-0.3, -0.25) is 10.1 Å². The molecule has 3 aromatic rings. The molecule has 4 rings (SSSR count). The molecule has 1 heterocycles. The highest BCUT2D eigenvalue weighted by Gasteiger charge is 2.35. The van der Waals surface area contributed by atoms with Gasteiger partial charge in [-0.25, -0.2) is 14.8 Å². The summed E-state index contributed by atoms with van der Waals surface area (Å²) in [4.78, 5) is 29.4. The maximum atomic E-state index is 12.5. The van der Waals surface area contributed by atoms with Crippen LogP contribution in [0.25, 0.3) is 0 Å². The molecule has 0 aliphatic carbocycles. The zero-order chi connectivity index (χ0) is 24.1. The Morgan fingerprint density at radius 3 is 1.97 bits per heavy atom. The van der Waals surface area contributed by atoms with Gasteiger partial charge in [-0.1, -0.05) is 36.4 Å². The van der Waals surface area contributed by atoms with Crippen molar-refractivity contribution < 1.29 is 10.0 Å². The van der Waals surface area contributed by atoms with Gasteiger partial charge in [0, 0.05) is 19.8 Å². The number of carbonyl (C=O) groups excluding carboxylic acids is 1. The van der Waals surface area contributed by atoms with Crippen LogP contribution in [0.15, 0.2) is 99.9 Å². The number of anilines is 2. The van der Waals surface area contributed by atoms with Crippen LogP contribution in [-0.2, 0) is 0 Å². The molecular weight excluding hydrogens is 452 g/mol. The van der Waals surface area contributed by atoms with Gasteiger partial charge in [-0.15, -0.1) is 0 Å². The molecule has 0 saturated carbocycles. The first kappa shape index (κ1) is 23.2. The van der Waals surface area contributed by atoms with E-state index in [-0.39, 0.29) is 10.9 Å². The highest BCUT2D eigenvalue weighted by atomic mass is 32.2. The maximum absolute atomic E-state index is 12.5.